The second kappa shape index (κ2) is 7.12. The standard InChI is InChI=1S/C19H30.Y/c1-3-7-18-14(5-1)9-11-16(18)13-17-12-10-15-6-2-4-8-19(15)17;/h11-12,14-19H,1-10,13H2;/q-2;. The summed E-state index contributed by atoms with van der Waals surface area (Å²) in [6, 6.07) is 0. The molecule has 1 heteroatoms. The van der Waals surface area contributed by atoms with E-state index in [0.717, 1.165) is 35.5 Å². The van der Waals surface area contributed by atoms with Gasteiger partial charge >= 0.3 is 0 Å². The normalized spacial score (nSPS) is 47.4. The first kappa shape index (κ1) is 16.0. The van der Waals surface area contributed by atoms with E-state index in [1.54, 1.807) is 12.8 Å². The van der Waals surface area contributed by atoms with Crippen molar-refractivity contribution in [1.82, 2.24) is 0 Å². The van der Waals surface area contributed by atoms with Crippen LogP contribution in [0.1, 0.15) is 70.6 Å². The van der Waals surface area contributed by atoms with E-state index in [1.165, 1.54) is 57.8 Å². The molecule has 0 saturated heterocycles. The molecule has 6 atom stereocenters. The molecule has 0 N–H and O–H groups in total. The molecule has 111 valence electrons. The van der Waals surface area contributed by atoms with Crippen LogP contribution in [0.4, 0.5) is 0 Å². The summed E-state index contributed by atoms with van der Waals surface area (Å²) in [5.74, 6) is 6.33. The zero-order valence-electron chi connectivity index (χ0n) is 13.0. The molecule has 0 aliphatic heterocycles. The molecule has 0 amide bonds. The Morgan fingerprint density at radius 3 is 1.60 bits per heavy atom. The average molecular weight is 347 g/mol. The van der Waals surface area contributed by atoms with Crippen molar-refractivity contribution >= 4 is 0 Å². The SMILES string of the molecule is [CH-]1CC2CCCCC2C1CC1[CH-]CC2CCCCC12.[Y]. The molecule has 1 radical (unpaired) electrons. The van der Waals surface area contributed by atoms with Gasteiger partial charge < -0.3 is 12.8 Å². The van der Waals surface area contributed by atoms with Gasteiger partial charge in [-0.25, -0.2) is 0 Å². The van der Waals surface area contributed by atoms with Crippen LogP contribution in [0.15, 0.2) is 0 Å². The Bertz CT molecular complexity index is 283. The predicted octanol–water partition coefficient (Wildman–Crippen LogP) is 5.44. The summed E-state index contributed by atoms with van der Waals surface area (Å²) in [6.45, 7) is 0. The molecule has 20 heavy (non-hydrogen) atoms. The zero-order chi connectivity index (χ0) is 12.7. The Morgan fingerprint density at radius 1 is 0.650 bits per heavy atom. The summed E-state index contributed by atoms with van der Waals surface area (Å²) >= 11 is 0. The Kier molecular flexibility index (Phi) is 5.69. The second-order valence-electron chi connectivity index (χ2n) is 7.92. The summed E-state index contributed by atoms with van der Waals surface area (Å²) in [5, 5.41) is 0. The van der Waals surface area contributed by atoms with Gasteiger partial charge in [0.05, 0.1) is 0 Å². The van der Waals surface area contributed by atoms with Crippen molar-refractivity contribution in [2.24, 2.45) is 35.5 Å². The van der Waals surface area contributed by atoms with E-state index in [0.29, 0.717) is 0 Å². The first-order valence-electron chi connectivity index (χ1n) is 9.08. The fourth-order valence-corrected chi connectivity index (χ4v) is 6.09. The maximum absolute atomic E-state index is 2.74. The Labute approximate surface area is 151 Å². The van der Waals surface area contributed by atoms with Gasteiger partial charge in [-0.2, -0.15) is 24.7 Å². The fraction of sp³-hybridized carbons (Fsp3) is 0.895. The maximum Gasteiger partial charge on any atom is 0 e. The van der Waals surface area contributed by atoms with Crippen molar-refractivity contribution in [1.29, 1.82) is 0 Å². The van der Waals surface area contributed by atoms with Gasteiger partial charge in [0.25, 0.3) is 0 Å². The molecule has 0 aromatic carbocycles. The molecule has 0 aromatic heterocycles. The summed E-state index contributed by atoms with van der Waals surface area (Å²) < 4.78 is 0. The first-order chi connectivity index (χ1) is 9.42. The molecule has 4 aliphatic rings. The van der Waals surface area contributed by atoms with Gasteiger partial charge in [-0.05, 0) is 0 Å². The van der Waals surface area contributed by atoms with Gasteiger partial charge in [-0.15, -0.1) is 6.42 Å². The smallest absolute Gasteiger partial charge is 0 e. The molecule has 4 fully saturated rings. The topological polar surface area (TPSA) is 0 Å². The van der Waals surface area contributed by atoms with Crippen LogP contribution in [0.3, 0.4) is 0 Å². The van der Waals surface area contributed by atoms with Crippen LogP contribution >= 0.6 is 0 Å². The molecule has 0 nitrogen and oxygen atoms in total. The largest absolute Gasteiger partial charge is 0.325 e. The third kappa shape index (κ3) is 3.08. The minimum atomic E-state index is 0. The van der Waals surface area contributed by atoms with E-state index in [4.69, 9.17) is 0 Å². The Morgan fingerprint density at radius 2 is 1.10 bits per heavy atom. The van der Waals surface area contributed by atoms with Crippen LogP contribution in [0, 0.1) is 48.3 Å². The van der Waals surface area contributed by atoms with Gasteiger partial charge in [0.15, 0.2) is 0 Å². The van der Waals surface area contributed by atoms with Crippen LogP contribution < -0.4 is 0 Å². The van der Waals surface area contributed by atoms with Crippen LogP contribution in [0.5, 0.6) is 0 Å². The van der Waals surface area contributed by atoms with Crippen molar-refractivity contribution < 1.29 is 32.7 Å². The summed E-state index contributed by atoms with van der Waals surface area (Å²) in [7, 11) is 0. The molecule has 4 saturated carbocycles. The van der Waals surface area contributed by atoms with Crippen LogP contribution in [-0.4, -0.2) is 0 Å². The quantitative estimate of drug-likeness (QED) is 0.584. The third-order valence-electron chi connectivity index (χ3n) is 7.06. The van der Waals surface area contributed by atoms with Crippen molar-refractivity contribution in [3.05, 3.63) is 12.8 Å². The molecule has 6 unspecified atom stereocenters. The van der Waals surface area contributed by atoms with Crippen LogP contribution in [-0.2, 0) is 32.7 Å². The number of hydrogen-bond acceptors (Lipinski definition) is 0. The fourth-order valence-electron chi connectivity index (χ4n) is 6.09. The number of hydrogen-bond donors (Lipinski definition) is 0. The van der Waals surface area contributed by atoms with Crippen molar-refractivity contribution in [3.8, 4) is 0 Å². The summed E-state index contributed by atoms with van der Waals surface area (Å²) in [5.41, 5.74) is 0. The monoisotopic (exact) mass is 347 g/mol. The molecule has 0 spiro atoms. The molecule has 0 aromatic rings. The predicted molar refractivity (Wildman–Crippen MR) is 80.3 cm³/mol. The molecule has 0 heterocycles. The molecule has 0 bridgehead atoms. The molecular weight excluding hydrogens is 317 g/mol. The van der Waals surface area contributed by atoms with Crippen LogP contribution in [0.25, 0.3) is 0 Å². The third-order valence-corrected chi connectivity index (χ3v) is 7.06. The van der Waals surface area contributed by atoms with Crippen molar-refractivity contribution in [3.63, 3.8) is 0 Å². The van der Waals surface area contributed by atoms with Crippen molar-refractivity contribution in [2.45, 2.75) is 70.6 Å². The number of rotatable bonds is 2. The van der Waals surface area contributed by atoms with Crippen molar-refractivity contribution in [2.75, 3.05) is 0 Å². The summed E-state index contributed by atoms with van der Waals surface area (Å²) in [4.78, 5) is 0. The zero-order valence-corrected chi connectivity index (χ0v) is 15.8. The van der Waals surface area contributed by atoms with Gasteiger partial charge in [-0.3, -0.25) is 0 Å². The Hall–Kier alpha value is 1.10. The van der Waals surface area contributed by atoms with E-state index in [-0.39, 0.29) is 32.7 Å². The minimum Gasteiger partial charge on any atom is -0.325 e. The Balaban J connectivity index is 0.00000121. The minimum absolute atomic E-state index is 0. The van der Waals surface area contributed by atoms with Gasteiger partial charge in [0.2, 0.25) is 0 Å². The number of fused-ring (bicyclic) bond motifs is 2. The van der Waals surface area contributed by atoms with Gasteiger partial charge in [-0.1, -0.05) is 75.0 Å². The van der Waals surface area contributed by atoms with Crippen LogP contribution in [0.2, 0.25) is 0 Å². The van der Waals surface area contributed by atoms with E-state index < -0.39 is 0 Å². The van der Waals surface area contributed by atoms with E-state index in [2.05, 4.69) is 12.8 Å². The van der Waals surface area contributed by atoms with E-state index >= 15 is 0 Å². The average Bonchev–Trinajstić information content (AvgIpc) is 3.05. The maximum atomic E-state index is 2.74. The second-order valence-corrected chi connectivity index (χ2v) is 7.92. The van der Waals surface area contributed by atoms with E-state index in [9.17, 15) is 0 Å². The van der Waals surface area contributed by atoms with E-state index in [1.807, 2.05) is 0 Å². The first-order valence-corrected chi connectivity index (χ1v) is 9.08. The molecular formula is C19H30Y-2. The summed E-state index contributed by atoms with van der Waals surface area (Å²) in [6.07, 6.45) is 22.2. The molecule has 4 rings (SSSR count). The molecule has 4 aliphatic carbocycles. The van der Waals surface area contributed by atoms with Gasteiger partial charge in [0.1, 0.15) is 0 Å². The van der Waals surface area contributed by atoms with Gasteiger partial charge in [0, 0.05) is 32.7 Å².